The van der Waals surface area contributed by atoms with E-state index in [9.17, 15) is 4.79 Å². The van der Waals surface area contributed by atoms with E-state index >= 15 is 0 Å². The predicted molar refractivity (Wildman–Crippen MR) is 108 cm³/mol. The zero-order valence-electron chi connectivity index (χ0n) is 15.4. The molecule has 1 heterocycles. The van der Waals surface area contributed by atoms with Gasteiger partial charge in [0.15, 0.2) is 0 Å². The van der Waals surface area contributed by atoms with Crippen molar-refractivity contribution in [3.63, 3.8) is 0 Å². The molecular formula is C22H21ClN2O2. The molecule has 0 atom stereocenters. The Balaban J connectivity index is 1.64. The Labute approximate surface area is 164 Å². The first-order valence-electron chi connectivity index (χ1n) is 8.70. The number of aromatic nitrogens is 2. The van der Waals surface area contributed by atoms with E-state index in [-0.39, 0.29) is 6.61 Å². The van der Waals surface area contributed by atoms with Gasteiger partial charge in [-0.1, -0.05) is 71.8 Å². The van der Waals surface area contributed by atoms with Crippen LogP contribution in [0.15, 0.2) is 60.7 Å². The third kappa shape index (κ3) is 5.08. The van der Waals surface area contributed by atoms with E-state index in [1.165, 1.54) is 11.6 Å². The van der Waals surface area contributed by atoms with Crippen molar-refractivity contribution in [1.29, 1.82) is 0 Å². The second kappa shape index (κ2) is 8.69. The molecule has 1 aromatic heterocycles. The van der Waals surface area contributed by atoms with Crippen LogP contribution in [0.4, 0.5) is 0 Å². The van der Waals surface area contributed by atoms with Gasteiger partial charge in [0.05, 0.1) is 12.2 Å². The predicted octanol–water partition coefficient (Wildman–Crippen LogP) is 4.96. The van der Waals surface area contributed by atoms with Gasteiger partial charge < -0.3 is 4.74 Å². The molecule has 3 aromatic rings. The molecule has 0 saturated carbocycles. The van der Waals surface area contributed by atoms with Gasteiger partial charge in [-0.05, 0) is 31.1 Å². The standard InChI is InChI=1S/C22H21ClN2O2/c1-16-8-10-19(11-9-16)15-27-21(26)13-12-20-17(2)24-25(22(20)23)14-18-6-4-3-5-7-18/h3-13H,14-15H2,1-2H3/b13-12+. The van der Waals surface area contributed by atoms with E-state index in [4.69, 9.17) is 16.3 Å². The van der Waals surface area contributed by atoms with Gasteiger partial charge in [0.1, 0.15) is 11.8 Å². The molecule has 0 radical (unpaired) electrons. The molecule has 0 unspecified atom stereocenters. The number of benzene rings is 2. The lowest BCUT2D eigenvalue weighted by Crippen LogP contribution is -2.02. The quantitative estimate of drug-likeness (QED) is 0.448. The summed E-state index contributed by atoms with van der Waals surface area (Å²) in [6.45, 7) is 4.70. The van der Waals surface area contributed by atoms with E-state index in [1.807, 2.05) is 68.4 Å². The van der Waals surface area contributed by atoms with Crippen LogP contribution >= 0.6 is 11.6 Å². The maximum Gasteiger partial charge on any atom is 0.331 e. The monoisotopic (exact) mass is 380 g/mol. The Morgan fingerprint density at radius 3 is 2.48 bits per heavy atom. The molecule has 0 aliphatic rings. The highest BCUT2D eigenvalue weighted by Gasteiger charge is 2.12. The first-order chi connectivity index (χ1) is 13.0. The maximum atomic E-state index is 12.0. The lowest BCUT2D eigenvalue weighted by Gasteiger charge is -2.03. The fraction of sp³-hybridized carbons (Fsp3) is 0.182. The van der Waals surface area contributed by atoms with E-state index in [0.717, 1.165) is 22.4 Å². The van der Waals surface area contributed by atoms with Crippen LogP contribution < -0.4 is 0 Å². The van der Waals surface area contributed by atoms with Gasteiger partial charge in [-0.25, -0.2) is 9.48 Å². The van der Waals surface area contributed by atoms with Crippen LogP contribution in [0.2, 0.25) is 5.15 Å². The van der Waals surface area contributed by atoms with Crippen LogP contribution in [0.1, 0.15) is 27.9 Å². The molecule has 0 N–H and O–H groups in total. The molecule has 27 heavy (non-hydrogen) atoms. The molecule has 0 bridgehead atoms. The summed E-state index contributed by atoms with van der Waals surface area (Å²) in [5.41, 5.74) is 4.71. The Morgan fingerprint density at radius 2 is 1.78 bits per heavy atom. The fourth-order valence-electron chi connectivity index (χ4n) is 2.66. The molecule has 0 fully saturated rings. The molecular weight excluding hydrogens is 360 g/mol. The summed E-state index contributed by atoms with van der Waals surface area (Å²) in [6.07, 6.45) is 3.04. The van der Waals surface area contributed by atoms with Crippen LogP contribution in [0.3, 0.4) is 0 Å². The summed E-state index contributed by atoms with van der Waals surface area (Å²) in [4.78, 5) is 12.0. The van der Waals surface area contributed by atoms with E-state index in [1.54, 1.807) is 10.8 Å². The number of esters is 1. The largest absolute Gasteiger partial charge is 0.458 e. The average molecular weight is 381 g/mol. The highest BCUT2D eigenvalue weighted by atomic mass is 35.5. The van der Waals surface area contributed by atoms with Crippen LogP contribution in [-0.4, -0.2) is 15.7 Å². The van der Waals surface area contributed by atoms with E-state index < -0.39 is 5.97 Å². The van der Waals surface area contributed by atoms with Crippen molar-refractivity contribution < 1.29 is 9.53 Å². The number of carbonyl (C=O) groups excluding carboxylic acids is 1. The first-order valence-corrected chi connectivity index (χ1v) is 9.08. The Morgan fingerprint density at radius 1 is 1.07 bits per heavy atom. The summed E-state index contributed by atoms with van der Waals surface area (Å²) in [7, 11) is 0. The smallest absolute Gasteiger partial charge is 0.331 e. The van der Waals surface area contributed by atoms with Gasteiger partial charge >= 0.3 is 5.97 Å². The molecule has 0 aliphatic heterocycles. The first kappa shape index (κ1) is 18.9. The summed E-state index contributed by atoms with van der Waals surface area (Å²) in [5, 5.41) is 4.97. The van der Waals surface area contributed by atoms with E-state index in [0.29, 0.717) is 11.7 Å². The van der Waals surface area contributed by atoms with Gasteiger partial charge in [-0.15, -0.1) is 0 Å². The topological polar surface area (TPSA) is 44.1 Å². The molecule has 3 rings (SSSR count). The number of halogens is 1. The summed E-state index contributed by atoms with van der Waals surface area (Å²) < 4.78 is 7.00. The van der Waals surface area contributed by atoms with Crippen LogP contribution in [0.25, 0.3) is 6.08 Å². The van der Waals surface area contributed by atoms with E-state index in [2.05, 4.69) is 5.10 Å². The molecule has 0 amide bonds. The zero-order valence-corrected chi connectivity index (χ0v) is 16.1. The normalized spacial score (nSPS) is 11.1. The second-order valence-electron chi connectivity index (χ2n) is 6.36. The zero-order chi connectivity index (χ0) is 19.2. The summed E-state index contributed by atoms with van der Waals surface area (Å²) >= 11 is 6.45. The lowest BCUT2D eigenvalue weighted by molar-refractivity contribution is -0.138. The number of hydrogen-bond acceptors (Lipinski definition) is 3. The number of rotatable bonds is 6. The van der Waals surface area contributed by atoms with Crippen molar-refractivity contribution in [3.8, 4) is 0 Å². The number of ether oxygens (including phenoxy) is 1. The molecule has 5 heteroatoms. The van der Waals surface area contributed by atoms with Crippen molar-refractivity contribution in [2.24, 2.45) is 0 Å². The minimum Gasteiger partial charge on any atom is -0.458 e. The molecule has 2 aromatic carbocycles. The van der Waals surface area contributed by atoms with Gasteiger partial charge in [-0.3, -0.25) is 0 Å². The number of carbonyl (C=O) groups is 1. The van der Waals surface area contributed by atoms with Gasteiger partial charge in [0.2, 0.25) is 0 Å². The maximum absolute atomic E-state index is 12.0. The van der Waals surface area contributed by atoms with Crippen LogP contribution in [0, 0.1) is 13.8 Å². The average Bonchev–Trinajstić information content (AvgIpc) is 2.93. The highest BCUT2D eigenvalue weighted by molar-refractivity contribution is 6.31. The second-order valence-corrected chi connectivity index (χ2v) is 6.72. The fourth-order valence-corrected chi connectivity index (χ4v) is 2.95. The minimum absolute atomic E-state index is 0.240. The molecule has 0 spiro atoms. The van der Waals surface area contributed by atoms with Crippen LogP contribution in [-0.2, 0) is 22.7 Å². The van der Waals surface area contributed by atoms with Crippen molar-refractivity contribution in [2.45, 2.75) is 27.0 Å². The summed E-state index contributed by atoms with van der Waals surface area (Å²) in [6, 6.07) is 17.8. The van der Waals surface area contributed by atoms with Crippen molar-refractivity contribution in [3.05, 3.63) is 93.8 Å². The highest BCUT2D eigenvalue weighted by Crippen LogP contribution is 2.22. The van der Waals surface area contributed by atoms with Gasteiger partial charge in [0, 0.05) is 11.6 Å². The third-order valence-corrected chi connectivity index (χ3v) is 4.57. The molecule has 138 valence electrons. The number of nitrogens with zero attached hydrogens (tertiary/aromatic N) is 2. The lowest BCUT2D eigenvalue weighted by atomic mass is 10.2. The number of hydrogen-bond donors (Lipinski definition) is 0. The SMILES string of the molecule is Cc1ccc(COC(=O)/C=C/c2c(C)nn(Cc3ccccc3)c2Cl)cc1. The molecule has 4 nitrogen and oxygen atoms in total. The summed E-state index contributed by atoms with van der Waals surface area (Å²) in [5.74, 6) is -0.415. The molecule has 0 saturated heterocycles. The third-order valence-electron chi connectivity index (χ3n) is 4.17. The molecule has 0 aliphatic carbocycles. The van der Waals surface area contributed by atoms with Crippen molar-refractivity contribution in [1.82, 2.24) is 9.78 Å². The Bertz CT molecular complexity index is 944. The van der Waals surface area contributed by atoms with Gasteiger partial charge in [-0.2, -0.15) is 5.10 Å². The minimum atomic E-state index is -0.415. The van der Waals surface area contributed by atoms with Crippen molar-refractivity contribution >= 4 is 23.6 Å². The van der Waals surface area contributed by atoms with Crippen LogP contribution in [0.5, 0.6) is 0 Å². The Kier molecular flexibility index (Phi) is 6.09. The van der Waals surface area contributed by atoms with Crippen molar-refractivity contribution in [2.75, 3.05) is 0 Å². The van der Waals surface area contributed by atoms with Gasteiger partial charge in [0.25, 0.3) is 0 Å². The Hall–Kier alpha value is -2.85. The number of aryl methyl sites for hydroxylation is 2.